The third-order valence-electron chi connectivity index (χ3n) is 3.10. The molecule has 3 aromatic rings. The van der Waals surface area contributed by atoms with E-state index < -0.39 is 0 Å². The van der Waals surface area contributed by atoms with Crippen LogP contribution in [0.15, 0.2) is 55.0 Å². The molecule has 0 spiro atoms. The Hall–Kier alpha value is -3.02. The molecule has 0 bridgehead atoms. The summed E-state index contributed by atoms with van der Waals surface area (Å²) in [5.74, 6) is 0.682. The number of carbonyl (C=O) groups excluding carboxylic acids is 1. The molecule has 2 heterocycles. The fraction of sp³-hybridized carbons (Fsp3) is 0.125. The molecule has 1 aromatic carbocycles. The van der Waals surface area contributed by atoms with Crippen molar-refractivity contribution in [2.24, 2.45) is 0 Å². The van der Waals surface area contributed by atoms with Gasteiger partial charge in [0, 0.05) is 23.6 Å². The quantitative estimate of drug-likeness (QED) is 0.633. The minimum atomic E-state index is -0.263. The largest absolute Gasteiger partial charge is 0.490 e. The van der Waals surface area contributed by atoms with Crippen LogP contribution in [0.25, 0.3) is 10.9 Å². The number of aromatic nitrogens is 2. The van der Waals surface area contributed by atoms with Crippen LogP contribution in [0.1, 0.15) is 0 Å². The lowest BCUT2D eigenvalue weighted by atomic mass is 10.2. The van der Waals surface area contributed by atoms with E-state index in [9.17, 15) is 4.79 Å². The van der Waals surface area contributed by atoms with E-state index in [1.807, 2.05) is 36.5 Å². The molecule has 0 radical (unpaired) electrons. The van der Waals surface area contributed by atoms with Crippen molar-refractivity contribution in [3.05, 3.63) is 55.0 Å². The van der Waals surface area contributed by atoms with E-state index >= 15 is 0 Å². The van der Waals surface area contributed by atoms with E-state index in [0.717, 1.165) is 16.6 Å². The summed E-state index contributed by atoms with van der Waals surface area (Å²) in [6, 6.07) is 11.0. The number of H-pyrrole nitrogens is 1. The monoisotopic (exact) mass is 296 g/mol. The molecule has 3 rings (SSSR count). The van der Waals surface area contributed by atoms with E-state index in [0.29, 0.717) is 18.9 Å². The Bertz CT molecular complexity index is 755. The van der Waals surface area contributed by atoms with Gasteiger partial charge in [-0.2, -0.15) is 0 Å². The summed E-state index contributed by atoms with van der Waals surface area (Å²) < 4.78 is 5.44. The highest BCUT2D eigenvalue weighted by Gasteiger charge is 2.02. The number of hydrogen-bond acceptors (Lipinski definition) is 3. The highest BCUT2D eigenvalue weighted by atomic mass is 16.5. The van der Waals surface area contributed by atoms with Crippen molar-refractivity contribution in [2.45, 2.75) is 0 Å². The summed E-state index contributed by atoms with van der Waals surface area (Å²) in [6.07, 6.45) is 5.18. The zero-order valence-electron chi connectivity index (χ0n) is 11.9. The molecule has 0 saturated carbocycles. The van der Waals surface area contributed by atoms with Gasteiger partial charge in [-0.1, -0.05) is 6.07 Å². The SMILES string of the molecule is O=C(NCCOc1cccnc1)Nc1ccc2cc[nH]c2c1. The zero-order valence-corrected chi connectivity index (χ0v) is 11.9. The van der Waals surface area contributed by atoms with Crippen molar-refractivity contribution in [1.29, 1.82) is 0 Å². The molecule has 0 unspecified atom stereocenters. The first-order chi connectivity index (χ1) is 10.8. The standard InChI is InChI=1S/C16H16N4O2/c21-16(19-8-9-22-14-2-1-6-17-11-14)20-13-4-3-12-5-7-18-15(12)10-13/h1-7,10-11,18H,8-9H2,(H2,19,20,21). The Labute approximate surface area is 127 Å². The second-order valence-corrected chi connectivity index (χ2v) is 4.70. The molecular formula is C16H16N4O2. The number of aromatic amines is 1. The van der Waals surface area contributed by atoms with E-state index in [1.54, 1.807) is 18.5 Å². The molecule has 112 valence electrons. The number of nitrogens with zero attached hydrogens (tertiary/aromatic N) is 1. The summed E-state index contributed by atoms with van der Waals surface area (Å²) in [7, 11) is 0. The molecule has 0 fully saturated rings. The number of amides is 2. The van der Waals surface area contributed by atoms with Gasteiger partial charge in [-0.3, -0.25) is 4.98 Å². The van der Waals surface area contributed by atoms with Gasteiger partial charge in [-0.05, 0) is 35.7 Å². The van der Waals surface area contributed by atoms with Crippen LogP contribution in [0.2, 0.25) is 0 Å². The Morgan fingerprint density at radius 3 is 3.09 bits per heavy atom. The topological polar surface area (TPSA) is 79.0 Å². The van der Waals surface area contributed by atoms with Crippen molar-refractivity contribution < 1.29 is 9.53 Å². The Morgan fingerprint density at radius 2 is 2.23 bits per heavy atom. The zero-order chi connectivity index (χ0) is 15.2. The lowest BCUT2D eigenvalue weighted by Crippen LogP contribution is -2.32. The molecule has 0 atom stereocenters. The van der Waals surface area contributed by atoms with Gasteiger partial charge < -0.3 is 20.4 Å². The van der Waals surface area contributed by atoms with Crippen LogP contribution in [-0.4, -0.2) is 29.2 Å². The smallest absolute Gasteiger partial charge is 0.319 e. The van der Waals surface area contributed by atoms with Crippen molar-refractivity contribution in [1.82, 2.24) is 15.3 Å². The normalized spacial score (nSPS) is 10.4. The number of carbonyl (C=O) groups is 1. The van der Waals surface area contributed by atoms with E-state index in [-0.39, 0.29) is 6.03 Å². The van der Waals surface area contributed by atoms with Crippen LogP contribution < -0.4 is 15.4 Å². The van der Waals surface area contributed by atoms with Crippen molar-refractivity contribution in [2.75, 3.05) is 18.5 Å². The van der Waals surface area contributed by atoms with Gasteiger partial charge in [0.1, 0.15) is 12.4 Å². The van der Waals surface area contributed by atoms with Gasteiger partial charge in [0.2, 0.25) is 0 Å². The first-order valence-electron chi connectivity index (χ1n) is 6.96. The fourth-order valence-electron chi connectivity index (χ4n) is 2.07. The van der Waals surface area contributed by atoms with Gasteiger partial charge in [0.25, 0.3) is 0 Å². The number of hydrogen-bond donors (Lipinski definition) is 3. The van der Waals surface area contributed by atoms with Gasteiger partial charge in [-0.15, -0.1) is 0 Å². The average Bonchev–Trinajstić information content (AvgIpc) is 3.00. The number of pyridine rings is 1. The Kier molecular flexibility index (Phi) is 4.20. The van der Waals surface area contributed by atoms with Crippen LogP contribution >= 0.6 is 0 Å². The molecule has 0 saturated heterocycles. The predicted octanol–water partition coefficient (Wildman–Crippen LogP) is 2.76. The minimum Gasteiger partial charge on any atom is -0.490 e. The van der Waals surface area contributed by atoms with Crippen LogP contribution in [0.3, 0.4) is 0 Å². The number of nitrogens with one attached hydrogen (secondary N) is 3. The highest BCUT2D eigenvalue weighted by molar-refractivity contribution is 5.92. The lowest BCUT2D eigenvalue weighted by Gasteiger charge is -2.09. The van der Waals surface area contributed by atoms with Crippen LogP contribution in [-0.2, 0) is 0 Å². The molecule has 3 N–H and O–H groups in total. The van der Waals surface area contributed by atoms with Gasteiger partial charge in [0.15, 0.2) is 0 Å². The summed E-state index contributed by atoms with van der Waals surface area (Å²) in [5.41, 5.74) is 1.72. The Morgan fingerprint density at radius 1 is 1.27 bits per heavy atom. The summed E-state index contributed by atoms with van der Waals surface area (Å²) in [6.45, 7) is 0.792. The fourth-order valence-corrected chi connectivity index (χ4v) is 2.07. The van der Waals surface area contributed by atoms with E-state index in [2.05, 4.69) is 20.6 Å². The van der Waals surface area contributed by atoms with Crippen LogP contribution in [0.4, 0.5) is 10.5 Å². The molecule has 2 amide bonds. The minimum absolute atomic E-state index is 0.263. The molecule has 6 nitrogen and oxygen atoms in total. The summed E-state index contributed by atoms with van der Waals surface area (Å²) in [4.78, 5) is 18.9. The van der Waals surface area contributed by atoms with Crippen molar-refractivity contribution in [3.63, 3.8) is 0 Å². The lowest BCUT2D eigenvalue weighted by molar-refractivity contribution is 0.247. The average molecular weight is 296 g/mol. The van der Waals surface area contributed by atoms with Gasteiger partial charge in [0.05, 0.1) is 12.7 Å². The number of anilines is 1. The maximum atomic E-state index is 11.8. The summed E-state index contributed by atoms with van der Waals surface area (Å²) >= 11 is 0. The number of rotatable bonds is 5. The first kappa shape index (κ1) is 13.9. The number of ether oxygens (including phenoxy) is 1. The molecule has 6 heteroatoms. The maximum absolute atomic E-state index is 11.8. The van der Waals surface area contributed by atoms with Gasteiger partial charge in [-0.25, -0.2) is 4.79 Å². The molecule has 0 aliphatic heterocycles. The molecule has 22 heavy (non-hydrogen) atoms. The predicted molar refractivity (Wildman–Crippen MR) is 85.1 cm³/mol. The molecular weight excluding hydrogens is 280 g/mol. The Balaban J connectivity index is 1.44. The summed E-state index contributed by atoms with van der Waals surface area (Å²) in [5, 5.41) is 6.63. The van der Waals surface area contributed by atoms with Gasteiger partial charge >= 0.3 is 6.03 Å². The number of fused-ring (bicyclic) bond motifs is 1. The number of benzene rings is 1. The maximum Gasteiger partial charge on any atom is 0.319 e. The van der Waals surface area contributed by atoms with Crippen LogP contribution in [0, 0.1) is 0 Å². The first-order valence-corrected chi connectivity index (χ1v) is 6.96. The second-order valence-electron chi connectivity index (χ2n) is 4.70. The second kappa shape index (κ2) is 6.62. The molecule has 2 aromatic heterocycles. The third kappa shape index (κ3) is 3.54. The van der Waals surface area contributed by atoms with E-state index in [1.165, 1.54) is 0 Å². The van der Waals surface area contributed by atoms with Crippen molar-refractivity contribution in [3.8, 4) is 5.75 Å². The molecule has 0 aliphatic carbocycles. The van der Waals surface area contributed by atoms with Crippen LogP contribution in [0.5, 0.6) is 5.75 Å². The van der Waals surface area contributed by atoms with E-state index in [4.69, 9.17) is 4.74 Å². The molecule has 0 aliphatic rings. The third-order valence-corrected chi connectivity index (χ3v) is 3.10. The number of urea groups is 1. The highest BCUT2D eigenvalue weighted by Crippen LogP contribution is 2.17. The van der Waals surface area contributed by atoms with Crippen molar-refractivity contribution >= 4 is 22.6 Å².